The Morgan fingerprint density at radius 1 is 0.278 bits per heavy atom. The third-order valence-corrected chi connectivity index (χ3v) is 6.37. The standard InChI is InChI=1S/C16H32S2/c1-2-4-6-8-10-12-14-16-18-17-15-13-11-9-7-5-3-1/h1-16H2. The van der Waals surface area contributed by atoms with Gasteiger partial charge in [0.1, 0.15) is 0 Å². The summed E-state index contributed by atoms with van der Waals surface area (Å²) in [5, 5.41) is 0. The molecule has 0 aromatic carbocycles. The molecule has 0 amide bonds. The summed E-state index contributed by atoms with van der Waals surface area (Å²) in [6.07, 6.45) is 20.7. The summed E-state index contributed by atoms with van der Waals surface area (Å²) in [5.41, 5.74) is 0. The molecule has 1 aliphatic heterocycles. The van der Waals surface area contributed by atoms with Gasteiger partial charge >= 0.3 is 0 Å². The van der Waals surface area contributed by atoms with E-state index in [0.717, 1.165) is 0 Å². The minimum Gasteiger partial charge on any atom is -0.0942 e. The predicted octanol–water partition coefficient (Wildman–Crippen LogP) is 6.84. The fourth-order valence-corrected chi connectivity index (χ4v) is 4.86. The number of rotatable bonds is 0. The molecule has 0 bridgehead atoms. The van der Waals surface area contributed by atoms with E-state index in [1.165, 1.54) is 101 Å². The predicted molar refractivity (Wildman–Crippen MR) is 89.6 cm³/mol. The van der Waals surface area contributed by atoms with Gasteiger partial charge in [-0.1, -0.05) is 98.6 Å². The Balaban J connectivity index is 2.00. The van der Waals surface area contributed by atoms with Crippen molar-refractivity contribution in [3.05, 3.63) is 0 Å². The molecule has 0 radical (unpaired) electrons. The van der Waals surface area contributed by atoms with E-state index >= 15 is 0 Å². The van der Waals surface area contributed by atoms with E-state index in [0.29, 0.717) is 0 Å². The lowest BCUT2D eigenvalue weighted by Gasteiger charge is -2.05. The van der Waals surface area contributed by atoms with Crippen molar-refractivity contribution in [1.82, 2.24) is 0 Å². The van der Waals surface area contributed by atoms with E-state index in [4.69, 9.17) is 0 Å². The van der Waals surface area contributed by atoms with Crippen LogP contribution in [0.2, 0.25) is 0 Å². The molecule has 0 N–H and O–H groups in total. The quantitative estimate of drug-likeness (QED) is 0.447. The van der Waals surface area contributed by atoms with Crippen molar-refractivity contribution in [2.45, 2.75) is 89.9 Å². The van der Waals surface area contributed by atoms with Crippen LogP contribution in [0.1, 0.15) is 89.9 Å². The van der Waals surface area contributed by atoms with Gasteiger partial charge in [-0.05, 0) is 12.8 Å². The first kappa shape index (κ1) is 16.8. The highest BCUT2D eigenvalue weighted by molar-refractivity contribution is 8.76. The molecule has 1 aliphatic rings. The first-order valence-corrected chi connectivity index (χ1v) is 10.7. The molecule has 0 aliphatic carbocycles. The monoisotopic (exact) mass is 288 g/mol. The first-order chi connectivity index (χ1) is 9.00. The second-order valence-electron chi connectivity index (χ2n) is 5.59. The van der Waals surface area contributed by atoms with Crippen molar-refractivity contribution >= 4 is 21.6 Å². The van der Waals surface area contributed by atoms with Gasteiger partial charge < -0.3 is 0 Å². The summed E-state index contributed by atoms with van der Waals surface area (Å²) in [6, 6.07) is 0. The van der Waals surface area contributed by atoms with Crippen LogP contribution in [0, 0.1) is 0 Å². The zero-order valence-corrected chi connectivity index (χ0v) is 13.8. The molecule has 0 nitrogen and oxygen atoms in total. The minimum absolute atomic E-state index is 1.38. The maximum atomic E-state index is 2.11. The second kappa shape index (κ2) is 14.1. The second-order valence-corrected chi connectivity index (χ2v) is 8.30. The van der Waals surface area contributed by atoms with Crippen molar-refractivity contribution in [2.75, 3.05) is 11.5 Å². The highest BCUT2D eigenvalue weighted by atomic mass is 33.1. The molecule has 2 heteroatoms. The average Bonchev–Trinajstić information content (AvgIpc) is 2.39. The van der Waals surface area contributed by atoms with Crippen LogP contribution in [0.15, 0.2) is 0 Å². The van der Waals surface area contributed by atoms with Gasteiger partial charge in [-0.25, -0.2) is 0 Å². The van der Waals surface area contributed by atoms with Gasteiger partial charge in [0.2, 0.25) is 0 Å². The van der Waals surface area contributed by atoms with Crippen LogP contribution >= 0.6 is 21.6 Å². The number of hydrogen-bond acceptors (Lipinski definition) is 2. The SMILES string of the molecule is C1CCCCCCCCSSCCCCCCC1. The lowest BCUT2D eigenvalue weighted by Crippen LogP contribution is -1.86. The Morgan fingerprint density at radius 2 is 0.500 bits per heavy atom. The summed E-state index contributed by atoms with van der Waals surface area (Å²) in [5.74, 6) is 2.76. The van der Waals surface area contributed by atoms with E-state index in [1.807, 2.05) is 0 Å². The largest absolute Gasteiger partial charge is 0.0942 e. The molecule has 0 saturated carbocycles. The molecule has 1 heterocycles. The minimum atomic E-state index is 1.38. The third kappa shape index (κ3) is 11.8. The fraction of sp³-hybridized carbons (Fsp3) is 1.00. The lowest BCUT2D eigenvalue weighted by atomic mass is 10.0. The van der Waals surface area contributed by atoms with E-state index < -0.39 is 0 Å². The summed E-state index contributed by atoms with van der Waals surface area (Å²) < 4.78 is 0. The Morgan fingerprint density at radius 3 is 0.778 bits per heavy atom. The molecule has 0 atom stereocenters. The fourth-order valence-electron chi connectivity index (χ4n) is 2.56. The van der Waals surface area contributed by atoms with Crippen LogP contribution in [0.3, 0.4) is 0 Å². The molecular formula is C16H32S2. The van der Waals surface area contributed by atoms with E-state index in [1.54, 1.807) is 0 Å². The summed E-state index contributed by atoms with van der Waals surface area (Å²) >= 11 is 0. The Kier molecular flexibility index (Phi) is 13.1. The van der Waals surface area contributed by atoms with Gasteiger partial charge in [0.25, 0.3) is 0 Å². The number of hydrogen-bond donors (Lipinski definition) is 0. The van der Waals surface area contributed by atoms with Crippen LogP contribution in [0.25, 0.3) is 0 Å². The molecule has 1 saturated heterocycles. The summed E-state index contributed by atoms with van der Waals surface area (Å²) in [4.78, 5) is 0. The van der Waals surface area contributed by atoms with Gasteiger partial charge in [0.15, 0.2) is 0 Å². The Bertz CT molecular complexity index is 84.1. The van der Waals surface area contributed by atoms with Gasteiger partial charge in [0.05, 0.1) is 0 Å². The first-order valence-electron chi connectivity index (χ1n) is 8.24. The smallest absolute Gasteiger partial charge is 0.00369 e. The molecule has 18 heavy (non-hydrogen) atoms. The van der Waals surface area contributed by atoms with Crippen LogP contribution in [-0.4, -0.2) is 11.5 Å². The third-order valence-electron chi connectivity index (χ3n) is 3.79. The van der Waals surface area contributed by atoms with E-state index in [9.17, 15) is 0 Å². The summed E-state index contributed by atoms with van der Waals surface area (Å²) in [6.45, 7) is 0. The zero-order chi connectivity index (χ0) is 12.7. The van der Waals surface area contributed by atoms with Crippen molar-refractivity contribution in [3.63, 3.8) is 0 Å². The molecule has 108 valence electrons. The van der Waals surface area contributed by atoms with Crippen LogP contribution < -0.4 is 0 Å². The van der Waals surface area contributed by atoms with Crippen molar-refractivity contribution in [1.29, 1.82) is 0 Å². The molecule has 0 unspecified atom stereocenters. The highest BCUT2D eigenvalue weighted by Crippen LogP contribution is 2.25. The lowest BCUT2D eigenvalue weighted by molar-refractivity contribution is 0.539. The van der Waals surface area contributed by atoms with E-state index in [-0.39, 0.29) is 0 Å². The summed E-state index contributed by atoms with van der Waals surface area (Å²) in [7, 11) is 4.23. The van der Waals surface area contributed by atoms with Crippen LogP contribution in [0.5, 0.6) is 0 Å². The van der Waals surface area contributed by atoms with Gasteiger partial charge in [-0.3, -0.25) is 0 Å². The molecule has 1 rings (SSSR count). The molecular weight excluding hydrogens is 256 g/mol. The molecule has 0 spiro atoms. The molecule has 0 aromatic heterocycles. The normalized spacial score (nSPS) is 24.0. The Hall–Kier alpha value is 0.700. The van der Waals surface area contributed by atoms with Crippen molar-refractivity contribution < 1.29 is 0 Å². The van der Waals surface area contributed by atoms with Gasteiger partial charge in [0, 0.05) is 11.5 Å². The van der Waals surface area contributed by atoms with Gasteiger partial charge in [-0.15, -0.1) is 0 Å². The topological polar surface area (TPSA) is 0 Å². The van der Waals surface area contributed by atoms with Crippen molar-refractivity contribution in [2.24, 2.45) is 0 Å². The maximum absolute atomic E-state index is 2.11. The van der Waals surface area contributed by atoms with Crippen molar-refractivity contribution in [3.8, 4) is 0 Å². The maximum Gasteiger partial charge on any atom is 0.00369 e. The molecule has 1 fully saturated rings. The average molecular weight is 289 g/mol. The molecule has 0 aromatic rings. The van der Waals surface area contributed by atoms with Crippen LogP contribution in [0.4, 0.5) is 0 Å². The van der Waals surface area contributed by atoms with Crippen LogP contribution in [-0.2, 0) is 0 Å². The van der Waals surface area contributed by atoms with E-state index in [2.05, 4.69) is 21.6 Å². The highest BCUT2D eigenvalue weighted by Gasteiger charge is 1.97. The zero-order valence-electron chi connectivity index (χ0n) is 12.1. The Labute approximate surface area is 123 Å². The van der Waals surface area contributed by atoms with Gasteiger partial charge in [-0.2, -0.15) is 0 Å².